The summed E-state index contributed by atoms with van der Waals surface area (Å²) in [7, 11) is 0. The second-order valence-electron chi connectivity index (χ2n) is 3.15. The largest absolute Gasteiger partial charge is 0.254 e. The van der Waals surface area contributed by atoms with Gasteiger partial charge in [-0.1, -0.05) is 24.3 Å². The summed E-state index contributed by atoms with van der Waals surface area (Å²) < 4.78 is 0. The Balaban J connectivity index is 2.61. The quantitative estimate of drug-likeness (QED) is 0.496. The van der Waals surface area contributed by atoms with Crippen molar-refractivity contribution in [1.82, 2.24) is 9.97 Å². The van der Waals surface area contributed by atoms with Crippen molar-refractivity contribution in [2.24, 2.45) is 0 Å². The maximum atomic E-state index is 4.33. The highest BCUT2D eigenvalue weighted by Crippen LogP contribution is 2.20. The van der Waals surface area contributed by atoms with E-state index in [0.717, 1.165) is 21.8 Å². The predicted octanol–water partition coefficient (Wildman–Crippen LogP) is 2.58. The monoisotopic (exact) mass is 179 g/mol. The minimum Gasteiger partial charge on any atom is -0.254 e. The van der Waals surface area contributed by atoms with E-state index in [1.165, 1.54) is 0 Å². The van der Waals surface area contributed by atoms with Gasteiger partial charge in [-0.25, -0.2) is 4.98 Å². The molecule has 3 rings (SSSR count). The van der Waals surface area contributed by atoms with Crippen molar-refractivity contribution in [3.8, 4) is 0 Å². The molecule has 0 atom stereocenters. The van der Waals surface area contributed by atoms with E-state index in [4.69, 9.17) is 0 Å². The molecule has 0 aliphatic heterocycles. The number of pyridine rings is 2. The zero-order valence-electron chi connectivity index (χ0n) is 7.44. The molecule has 1 aromatic carbocycles. The van der Waals surface area contributed by atoms with Crippen molar-refractivity contribution in [1.29, 1.82) is 0 Å². The fourth-order valence-corrected chi connectivity index (χ4v) is 1.62. The molecule has 0 fully saturated rings. The molecule has 0 saturated heterocycles. The summed E-state index contributed by atoms with van der Waals surface area (Å²) in [6, 6.07) is 11.8. The molecule has 2 heterocycles. The van der Waals surface area contributed by atoms with Crippen LogP contribution < -0.4 is 0 Å². The van der Waals surface area contributed by atoms with Gasteiger partial charge >= 0.3 is 0 Å². The van der Waals surface area contributed by atoms with Gasteiger partial charge in [0.15, 0.2) is 0 Å². The van der Waals surface area contributed by atoms with Crippen molar-refractivity contribution in [2.75, 3.05) is 0 Å². The van der Waals surface area contributed by atoms with Crippen molar-refractivity contribution in [3.05, 3.63) is 48.8 Å². The third kappa shape index (κ3) is 0.973. The van der Waals surface area contributed by atoms with Crippen molar-refractivity contribution < 1.29 is 0 Å². The van der Waals surface area contributed by atoms with E-state index in [2.05, 4.69) is 22.2 Å². The molecule has 0 bridgehead atoms. The number of hydrogen-bond donors (Lipinski definition) is 0. The highest BCUT2D eigenvalue weighted by atomic mass is 14.7. The molecule has 1 radical (unpaired) electrons. The van der Waals surface area contributed by atoms with Crippen LogP contribution in [-0.4, -0.2) is 9.97 Å². The molecule has 0 aliphatic rings. The Hall–Kier alpha value is -1.96. The highest BCUT2D eigenvalue weighted by molar-refractivity contribution is 6.02. The lowest BCUT2D eigenvalue weighted by Crippen LogP contribution is -1.84. The Morgan fingerprint density at radius 2 is 2.00 bits per heavy atom. The lowest BCUT2D eigenvalue weighted by atomic mass is 10.1. The Morgan fingerprint density at radius 3 is 3.00 bits per heavy atom. The third-order valence-corrected chi connectivity index (χ3v) is 2.29. The zero-order chi connectivity index (χ0) is 9.38. The number of aromatic nitrogens is 2. The molecule has 0 saturated carbocycles. The van der Waals surface area contributed by atoms with Crippen LogP contribution in [0.15, 0.2) is 42.6 Å². The summed E-state index contributed by atoms with van der Waals surface area (Å²) in [5.74, 6) is 0. The van der Waals surface area contributed by atoms with Gasteiger partial charge in [-0.2, -0.15) is 0 Å². The fraction of sp³-hybridized carbons (Fsp3) is 0. The SMILES string of the molecule is [c]1ccc2ncc3ccccc3c2n1. The Morgan fingerprint density at radius 1 is 1.07 bits per heavy atom. The standard InChI is InChI=1S/C12H7N2/c1-2-5-10-9(4-1)8-14-11-6-3-7-13-12(10)11/h1-6,8H. The average Bonchev–Trinajstić information content (AvgIpc) is 2.29. The van der Waals surface area contributed by atoms with E-state index in [9.17, 15) is 0 Å². The molecule has 2 heteroatoms. The first kappa shape index (κ1) is 7.44. The zero-order valence-corrected chi connectivity index (χ0v) is 7.44. The van der Waals surface area contributed by atoms with Crippen LogP contribution in [0.5, 0.6) is 0 Å². The van der Waals surface area contributed by atoms with Gasteiger partial charge in [-0.05, 0) is 12.1 Å². The average molecular weight is 179 g/mol. The third-order valence-electron chi connectivity index (χ3n) is 2.29. The molecule has 0 amide bonds. The second kappa shape index (κ2) is 2.77. The van der Waals surface area contributed by atoms with Crippen LogP contribution in [0.3, 0.4) is 0 Å². The van der Waals surface area contributed by atoms with Crippen LogP contribution in [0.1, 0.15) is 0 Å². The first-order valence-electron chi connectivity index (χ1n) is 4.46. The second-order valence-corrected chi connectivity index (χ2v) is 3.15. The highest BCUT2D eigenvalue weighted by Gasteiger charge is 2.00. The lowest BCUT2D eigenvalue weighted by Gasteiger charge is -2.00. The van der Waals surface area contributed by atoms with E-state index in [1.54, 1.807) is 6.07 Å². The van der Waals surface area contributed by atoms with Gasteiger partial charge in [0.1, 0.15) is 0 Å². The molecule has 2 nitrogen and oxygen atoms in total. The van der Waals surface area contributed by atoms with Gasteiger partial charge in [0.05, 0.1) is 17.2 Å². The van der Waals surface area contributed by atoms with Gasteiger partial charge in [0.2, 0.25) is 0 Å². The van der Waals surface area contributed by atoms with Crippen LogP contribution in [0.25, 0.3) is 21.8 Å². The number of nitrogens with zero attached hydrogens (tertiary/aromatic N) is 2. The number of rotatable bonds is 0. The Kier molecular flexibility index (Phi) is 1.47. The molecular formula is C12H7N2. The van der Waals surface area contributed by atoms with Crippen LogP contribution in [-0.2, 0) is 0 Å². The maximum Gasteiger partial charge on any atom is 0.0973 e. The molecular weight excluding hydrogens is 172 g/mol. The van der Waals surface area contributed by atoms with E-state index in [-0.39, 0.29) is 0 Å². The van der Waals surface area contributed by atoms with Crippen molar-refractivity contribution >= 4 is 21.8 Å². The smallest absolute Gasteiger partial charge is 0.0973 e. The molecule has 3 aromatic rings. The van der Waals surface area contributed by atoms with Gasteiger partial charge < -0.3 is 0 Å². The molecule has 2 aromatic heterocycles. The summed E-state index contributed by atoms with van der Waals surface area (Å²) in [6.45, 7) is 0. The van der Waals surface area contributed by atoms with Crippen LogP contribution in [0.2, 0.25) is 0 Å². The summed E-state index contributed by atoms with van der Waals surface area (Å²) in [5, 5.41) is 2.25. The summed E-state index contributed by atoms with van der Waals surface area (Å²) >= 11 is 0. The number of benzene rings is 1. The summed E-state index contributed by atoms with van der Waals surface area (Å²) in [6.07, 6.45) is 4.71. The summed E-state index contributed by atoms with van der Waals surface area (Å²) in [4.78, 5) is 8.55. The fourth-order valence-electron chi connectivity index (χ4n) is 1.62. The predicted molar refractivity (Wildman–Crippen MR) is 55.9 cm³/mol. The number of hydrogen-bond acceptors (Lipinski definition) is 2. The molecule has 0 N–H and O–H groups in total. The van der Waals surface area contributed by atoms with E-state index < -0.39 is 0 Å². The minimum atomic E-state index is 0.919. The summed E-state index contributed by atoms with van der Waals surface area (Å²) in [5.41, 5.74) is 1.84. The molecule has 0 spiro atoms. The molecule has 0 aliphatic carbocycles. The first-order chi connectivity index (χ1) is 6.95. The van der Waals surface area contributed by atoms with Crippen LogP contribution in [0, 0.1) is 6.20 Å². The lowest BCUT2D eigenvalue weighted by molar-refractivity contribution is 1.35. The van der Waals surface area contributed by atoms with E-state index in [1.807, 2.05) is 30.5 Å². The minimum absolute atomic E-state index is 0.919. The first-order valence-corrected chi connectivity index (χ1v) is 4.46. The van der Waals surface area contributed by atoms with E-state index >= 15 is 0 Å². The van der Waals surface area contributed by atoms with Crippen molar-refractivity contribution in [3.63, 3.8) is 0 Å². The van der Waals surface area contributed by atoms with Gasteiger partial charge in [0, 0.05) is 17.0 Å². The van der Waals surface area contributed by atoms with Gasteiger partial charge in [-0.15, -0.1) is 0 Å². The normalized spacial score (nSPS) is 10.9. The molecule has 0 unspecified atom stereocenters. The van der Waals surface area contributed by atoms with Crippen molar-refractivity contribution in [2.45, 2.75) is 0 Å². The van der Waals surface area contributed by atoms with Gasteiger partial charge in [0.25, 0.3) is 0 Å². The molecule has 65 valence electrons. The Bertz CT molecular complexity index is 547. The van der Waals surface area contributed by atoms with Crippen LogP contribution in [0.4, 0.5) is 0 Å². The van der Waals surface area contributed by atoms with Gasteiger partial charge in [-0.3, -0.25) is 4.98 Å². The number of fused-ring (bicyclic) bond motifs is 3. The van der Waals surface area contributed by atoms with E-state index in [0.29, 0.717) is 0 Å². The Labute approximate surface area is 81.2 Å². The topological polar surface area (TPSA) is 25.8 Å². The maximum absolute atomic E-state index is 4.33. The molecule has 14 heavy (non-hydrogen) atoms. The van der Waals surface area contributed by atoms with Crippen LogP contribution >= 0.6 is 0 Å².